The molecule has 0 spiro atoms. The van der Waals surface area contributed by atoms with Gasteiger partial charge in [0.1, 0.15) is 12.4 Å². The third kappa shape index (κ3) is 6.02. The van der Waals surface area contributed by atoms with Crippen molar-refractivity contribution in [3.63, 3.8) is 0 Å². The van der Waals surface area contributed by atoms with Gasteiger partial charge in [0.25, 0.3) is 11.1 Å². The SMILES string of the molecule is COc1ccccc1OCCCn1cc(/C=C2\SC(=O)N(CC(=O)Nc3ccc(F)cc3)C2=O)c2ccccc21. The van der Waals surface area contributed by atoms with Crippen molar-refractivity contribution in [2.45, 2.75) is 13.0 Å². The second-order valence-electron chi connectivity index (χ2n) is 8.97. The highest BCUT2D eigenvalue weighted by Crippen LogP contribution is 2.34. The first kappa shape index (κ1) is 27.0. The number of para-hydroxylation sites is 3. The molecule has 10 heteroatoms. The van der Waals surface area contributed by atoms with E-state index in [1.165, 1.54) is 24.3 Å². The summed E-state index contributed by atoms with van der Waals surface area (Å²) in [6.45, 7) is 0.725. The van der Waals surface area contributed by atoms with Gasteiger partial charge < -0.3 is 19.4 Å². The molecule has 0 bridgehead atoms. The first-order chi connectivity index (χ1) is 19.4. The summed E-state index contributed by atoms with van der Waals surface area (Å²) in [6, 6.07) is 20.5. The van der Waals surface area contributed by atoms with Crippen LogP contribution in [0.4, 0.5) is 14.9 Å². The van der Waals surface area contributed by atoms with Crippen molar-refractivity contribution in [2.75, 3.05) is 25.6 Å². The first-order valence-electron chi connectivity index (χ1n) is 12.6. The Bertz CT molecular complexity index is 1600. The maximum Gasteiger partial charge on any atom is 0.294 e. The summed E-state index contributed by atoms with van der Waals surface area (Å²) in [7, 11) is 1.60. The largest absolute Gasteiger partial charge is 0.493 e. The number of hydrogen-bond donors (Lipinski definition) is 1. The predicted molar refractivity (Wildman–Crippen MR) is 153 cm³/mol. The number of hydrogen-bond acceptors (Lipinski definition) is 6. The third-order valence-electron chi connectivity index (χ3n) is 6.28. The van der Waals surface area contributed by atoms with Gasteiger partial charge in [0.05, 0.1) is 18.6 Å². The van der Waals surface area contributed by atoms with E-state index < -0.39 is 29.4 Å². The van der Waals surface area contributed by atoms with E-state index in [2.05, 4.69) is 9.88 Å². The molecule has 1 aliphatic rings. The molecule has 3 aromatic carbocycles. The third-order valence-corrected chi connectivity index (χ3v) is 7.19. The second kappa shape index (κ2) is 12.1. The summed E-state index contributed by atoms with van der Waals surface area (Å²) in [5.74, 6) is -0.159. The van der Waals surface area contributed by atoms with E-state index in [0.29, 0.717) is 30.3 Å². The molecule has 0 atom stereocenters. The minimum atomic E-state index is -0.554. The maximum absolute atomic E-state index is 13.1. The highest BCUT2D eigenvalue weighted by molar-refractivity contribution is 8.18. The number of nitrogens with one attached hydrogen (secondary N) is 1. The summed E-state index contributed by atoms with van der Waals surface area (Å²) in [4.78, 5) is 39.2. The maximum atomic E-state index is 13.1. The Morgan fingerprint density at radius 1 is 1.00 bits per heavy atom. The van der Waals surface area contributed by atoms with Gasteiger partial charge in [-0.25, -0.2) is 4.39 Å². The number of halogens is 1. The summed E-state index contributed by atoms with van der Waals surface area (Å²) in [6.07, 6.45) is 4.37. The van der Waals surface area contributed by atoms with E-state index in [0.717, 1.165) is 39.5 Å². The van der Waals surface area contributed by atoms with E-state index in [1.807, 2.05) is 54.7 Å². The number of ether oxygens (including phenoxy) is 2. The highest BCUT2D eigenvalue weighted by Gasteiger charge is 2.36. The van der Waals surface area contributed by atoms with Crippen LogP contribution in [-0.2, 0) is 16.1 Å². The van der Waals surface area contributed by atoms with Gasteiger partial charge in [0.2, 0.25) is 5.91 Å². The number of fused-ring (bicyclic) bond motifs is 1. The minimum Gasteiger partial charge on any atom is -0.493 e. The molecule has 0 saturated carbocycles. The number of rotatable bonds is 10. The van der Waals surface area contributed by atoms with Crippen molar-refractivity contribution < 1.29 is 28.2 Å². The van der Waals surface area contributed by atoms with Gasteiger partial charge in [-0.1, -0.05) is 30.3 Å². The molecule has 204 valence electrons. The fourth-order valence-corrected chi connectivity index (χ4v) is 5.21. The van der Waals surface area contributed by atoms with Gasteiger partial charge in [0, 0.05) is 34.9 Å². The number of thioether (sulfide) groups is 1. The first-order valence-corrected chi connectivity index (χ1v) is 13.4. The summed E-state index contributed by atoms with van der Waals surface area (Å²) in [5, 5.41) is 2.98. The molecule has 1 fully saturated rings. The zero-order chi connectivity index (χ0) is 28.1. The molecule has 4 aromatic rings. The van der Waals surface area contributed by atoms with Gasteiger partial charge in [0.15, 0.2) is 11.5 Å². The second-order valence-corrected chi connectivity index (χ2v) is 9.96. The highest BCUT2D eigenvalue weighted by atomic mass is 32.2. The number of aryl methyl sites for hydroxylation is 1. The number of carbonyl (C=O) groups is 3. The van der Waals surface area contributed by atoms with Crippen LogP contribution in [-0.4, -0.2) is 46.8 Å². The molecule has 0 radical (unpaired) electrons. The lowest BCUT2D eigenvalue weighted by Crippen LogP contribution is -2.36. The van der Waals surface area contributed by atoms with Crippen LogP contribution in [0.3, 0.4) is 0 Å². The smallest absolute Gasteiger partial charge is 0.294 e. The summed E-state index contributed by atoms with van der Waals surface area (Å²) >= 11 is 0.795. The Morgan fingerprint density at radius 2 is 1.73 bits per heavy atom. The van der Waals surface area contributed by atoms with Gasteiger partial charge in [-0.3, -0.25) is 19.3 Å². The fourth-order valence-electron chi connectivity index (χ4n) is 4.39. The Labute approximate surface area is 234 Å². The quantitative estimate of drug-likeness (QED) is 0.191. The van der Waals surface area contributed by atoms with Crippen molar-refractivity contribution in [3.05, 3.63) is 95.3 Å². The lowest BCUT2D eigenvalue weighted by Gasteiger charge is -2.12. The lowest BCUT2D eigenvalue weighted by atomic mass is 10.1. The number of methoxy groups -OCH3 is 1. The number of benzene rings is 3. The molecule has 1 aromatic heterocycles. The van der Waals surface area contributed by atoms with Gasteiger partial charge in [-0.2, -0.15) is 0 Å². The molecule has 3 amide bonds. The van der Waals surface area contributed by atoms with E-state index in [1.54, 1.807) is 13.2 Å². The van der Waals surface area contributed by atoms with Crippen molar-refractivity contribution in [1.29, 1.82) is 0 Å². The molecule has 8 nitrogen and oxygen atoms in total. The van der Waals surface area contributed by atoms with Crippen LogP contribution >= 0.6 is 11.8 Å². The topological polar surface area (TPSA) is 89.9 Å². The Balaban J connectivity index is 1.26. The van der Waals surface area contributed by atoms with Crippen molar-refractivity contribution in [1.82, 2.24) is 9.47 Å². The minimum absolute atomic E-state index is 0.238. The van der Waals surface area contributed by atoms with Crippen LogP contribution in [0, 0.1) is 5.82 Å². The molecule has 1 aliphatic heterocycles. The number of aromatic nitrogens is 1. The van der Waals surface area contributed by atoms with Crippen LogP contribution in [0.1, 0.15) is 12.0 Å². The Kier molecular flexibility index (Phi) is 8.16. The molecule has 0 unspecified atom stereocenters. The molecule has 1 N–H and O–H groups in total. The zero-order valence-electron chi connectivity index (χ0n) is 21.6. The summed E-state index contributed by atoms with van der Waals surface area (Å²) < 4.78 is 26.4. The van der Waals surface area contributed by atoms with Gasteiger partial charge in [-0.05, 0) is 66.7 Å². The molecular weight excluding hydrogens is 533 g/mol. The standard InChI is InChI=1S/C30H26FN3O5S/c1-38-25-9-4-5-10-26(25)39-16-6-15-33-18-20(23-7-2-3-8-24(23)33)17-27-29(36)34(30(37)40-27)19-28(35)32-22-13-11-21(31)12-14-22/h2-5,7-14,17-18H,6,15-16,19H2,1H3,(H,32,35)/b27-17-. The van der Waals surface area contributed by atoms with E-state index in [9.17, 15) is 18.8 Å². The number of nitrogens with zero attached hydrogens (tertiary/aromatic N) is 2. The van der Waals surface area contributed by atoms with Crippen LogP contribution < -0.4 is 14.8 Å². The van der Waals surface area contributed by atoms with E-state index >= 15 is 0 Å². The number of carbonyl (C=O) groups excluding carboxylic acids is 3. The van der Waals surface area contributed by atoms with Crippen molar-refractivity contribution >= 4 is 51.5 Å². The van der Waals surface area contributed by atoms with Crippen LogP contribution in [0.15, 0.2) is 83.9 Å². The Hall–Kier alpha value is -4.57. The molecule has 0 aliphatic carbocycles. The van der Waals surface area contributed by atoms with Gasteiger partial charge in [-0.15, -0.1) is 0 Å². The molecule has 40 heavy (non-hydrogen) atoms. The normalized spacial score (nSPS) is 14.2. The van der Waals surface area contributed by atoms with Crippen molar-refractivity contribution in [2.24, 2.45) is 0 Å². The lowest BCUT2D eigenvalue weighted by molar-refractivity contribution is -0.127. The van der Waals surface area contributed by atoms with E-state index in [4.69, 9.17) is 9.47 Å². The number of amides is 3. The zero-order valence-corrected chi connectivity index (χ0v) is 22.4. The van der Waals surface area contributed by atoms with Gasteiger partial charge >= 0.3 is 0 Å². The fraction of sp³-hybridized carbons (Fsp3) is 0.167. The summed E-state index contributed by atoms with van der Waals surface area (Å²) in [5.41, 5.74) is 2.15. The van der Waals surface area contributed by atoms with Crippen LogP contribution in [0.25, 0.3) is 17.0 Å². The van der Waals surface area contributed by atoms with Crippen molar-refractivity contribution in [3.8, 4) is 11.5 Å². The molecular formula is C30H26FN3O5S. The number of anilines is 1. The average molecular weight is 560 g/mol. The number of imide groups is 1. The predicted octanol–water partition coefficient (Wildman–Crippen LogP) is 5.93. The monoisotopic (exact) mass is 559 g/mol. The molecule has 2 heterocycles. The van der Waals surface area contributed by atoms with E-state index in [-0.39, 0.29) is 4.91 Å². The van der Waals surface area contributed by atoms with Crippen LogP contribution in [0.2, 0.25) is 0 Å². The molecule has 1 saturated heterocycles. The Morgan fingerprint density at radius 3 is 2.50 bits per heavy atom. The average Bonchev–Trinajstić information content (AvgIpc) is 3.44. The molecule has 5 rings (SSSR count). The van der Waals surface area contributed by atoms with Crippen LogP contribution in [0.5, 0.6) is 11.5 Å².